The average Bonchev–Trinajstić information content (AvgIpc) is 2.46. The molecule has 0 unspecified atom stereocenters. The van der Waals surface area contributed by atoms with Crippen LogP contribution in [0.2, 0.25) is 0 Å². The Bertz CT molecular complexity index is 193. The predicted octanol–water partition coefficient (Wildman–Crippen LogP) is 1.94. The highest BCUT2D eigenvalue weighted by Gasteiger charge is 2.26. The molecule has 14 heavy (non-hydrogen) atoms. The highest BCUT2D eigenvalue weighted by Crippen LogP contribution is 2.22. The maximum absolute atomic E-state index is 11.4. The van der Waals surface area contributed by atoms with Gasteiger partial charge in [-0.2, -0.15) is 0 Å². The summed E-state index contributed by atoms with van der Waals surface area (Å²) in [5.41, 5.74) is 0. The summed E-state index contributed by atoms with van der Waals surface area (Å²) < 4.78 is 0. The van der Waals surface area contributed by atoms with Crippen LogP contribution in [-0.4, -0.2) is 30.6 Å². The molecule has 82 valence electrons. The fourth-order valence-corrected chi connectivity index (χ4v) is 2.13. The van der Waals surface area contributed by atoms with Crippen LogP contribution >= 0.6 is 0 Å². The van der Waals surface area contributed by atoms with E-state index in [1.54, 1.807) is 0 Å². The molecule has 0 aromatic carbocycles. The van der Waals surface area contributed by atoms with Crippen LogP contribution in [0.15, 0.2) is 0 Å². The summed E-state index contributed by atoms with van der Waals surface area (Å²) >= 11 is 0. The predicted molar refractivity (Wildman–Crippen MR) is 58.1 cm³/mol. The molecule has 3 heteroatoms. The number of hydrogen-bond acceptors (Lipinski definition) is 1. The van der Waals surface area contributed by atoms with Crippen molar-refractivity contribution in [3.63, 3.8) is 0 Å². The molecule has 1 N–H and O–H groups in total. The second-order valence-electron chi connectivity index (χ2n) is 4.83. The second kappa shape index (κ2) is 4.67. The lowest BCUT2D eigenvalue weighted by Crippen LogP contribution is -2.36. The van der Waals surface area contributed by atoms with Crippen molar-refractivity contribution in [1.82, 2.24) is 10.2 Å². The van der Waals surface area contributed by atoms with E-state index in [0.29, 0.717) is 17.8 Å². The van der Waals surface area contributed by atoms with Gasteiger partial charge in [0.1, 0.15) is 0 Å². The van der Waals surface area contributed by atoms with Crippen LogP contribution in [0.25, 0.3) is 0 Å². The van der Waals surface area contributed by atoms with Crippen LogP contribution in [-0.2, 0) is 0 Å². The summed E-state index contributed by atoms with van der Waals surface area (Å²) in [6.07, 6.45) is 0. The van der Waals surface area contributed by atoms with Gasteiger partial charge in [0, 0.05) is 19.6 Å². The summed E-state index contributed by atoms with van der Waals surface area (Å²) in [6, 6.07) is 0.108. The monoisotopic (exact) mass is 198 g/mol. The third-order valence-electron chi connectivity index (χ3n) is 3.09. The van der Waals surface area contributed by atoms with E-state index in [4.69, 9.17) is 0 Å². The molecule has 1 heterocycles. The Balaban J connectivity index is 2.50. The maximum atomic E-state index is 11.4. The minimum Gasteiger partial charge on any atom is -0.336 e. The van der Waals surface area contributed by atoms with Gasteiger partial charge >= 0.3 is 6.03 Å². The number of hydrogen-bond donors (Lipinski definition) is 1. The number of carbonyl (C=O) groups is 1. The molecule has 1 aliphatic rings. The van der Waals surface area contributed by atoms with E-state index in [1.807, 2.05) is 4.90 Å². The first-order valence-corrected chi connectivity index (χ1v) is 5.55. The first-order chi connectivity index (χ1) is 6.52. The SMILES string of the molecule is CC(C)C(CN1CCNC1=O)C(C)C. The normalized spacial score (nSPS) is 17.4. The van der Waals surface area contributed by atoms with E-state index >= 15 is 0 Å². The quantitative estimate of drug-likeness (QED) is 0.735. The Morgan fingerprint density at radius 2 is 1.86 bits per heavy atom. The molecule has 0 radical (unpaired) electrons. The van der Waals surface area contributed by atoms with E-state index in [2.05, 4.69) is 33.0 Å². The zero-order valence-corrected chi connectivity index (χ0v) is 9.71. The summed E-state index contributed by atoms with van der Waals surface area (Å²) in [7, 11) is 0. The van der Waals surface area contributed by atoms with Crippen molar-refractivity contribution in [2.75, 3.05) is 19.6 Å². The van der Waals surface area contributed by atoms with Crippen LogP contribution in [0.4, 0.5) is 4.79 Å². The van der Waals surface area contributed by atoms with Gasteiger partial charge in [0.25, 0.3) is 0 Å². The molecule has 3 nitrogen and oxygen atoms in total. The van der Waals surface area contributed by atoms with Crippen LogP contribution in [0, 0.1) is 17.8 Å². The highest BCUT2D eigenvalue weighted by atomic mass is 16.2. The summed E-state index contributed by atoms with van der Waals surface area (Å²) in [6.45, 7) is 11.5. The molecule has 0 aromatic rings. The molecule has 1 fully saturated rings. The first-order valence-electron chi connectivity index (χ1n) is 5.55. The van der Waals surface area contributed by atoms with Crippen molar-refractivity contribution in [2.24, 2.45) is 17.8 Å². The molecule has 0 atom stereocenters. The molecule has 2 amide bonds. The number of nitrogens with zero attached hydrogens (tertiary/aromatic N) is 1. The number of carbonyl (C=O) groups excluding carboxylic acids is 1. The molecule has 0 spiro atoms. The zero-order valence-electron chi connectivity index (χ0n) is 9.71. The van der Waals surface area contributed by atoms with E-state index < -0.39 is 0 Å². The van der Waals surface area contributed by atoms with Crippen molar-refractivity contribution in [3.05, 3.63) is 0 Å². The van der Waals surface area contributed by atoms with Crippen LogP contribution in [0.3, 0.4) is 0 Å². The zero-order chi connectivity index (χ0) is 10.7. The number of urea groups is 1. The largest absolute Gasteiger partial charge is 0.336 e. The number of nitrogens with one attached hydrogen (secondary N) is 1. The van der Waals surface area contributed by atoms with Crippen LogP contribution in [0.1, 0.15) is 27.7 Å². The van der Waals surface area contributed by atoms with Gasteiger partial charge in [0.05, 0.1) is 0 Å². The molecule has 1 aliphatic heterocycles. The molecule has 1 rings (SSSR count). The van der Waals surface area contributed by atoms with Crippen molar-refractivity contribution < 1.29 is 4.79 Å². The lowest BCUT2D eigenvalue weighted by molar-refractivity contribution is 0.181. The average molecular weight is 198 g/mol. The molecular formula is C11H22N2O. The van der Waals surface area contributed by atoms with Gasteiger partial charge in [-0.15, -0.1) is 0 Å². The third kappa shape index (κ3) is 2.63. The van der Waals surface area contributed by atoms with Gasteiger partial charge in [0.15, 0.2) is 0 Å². The van der Waals surface area contributed by atoms with E-state index in [9.17, 15) is 4.79 Å². The van der Waals surface area contributed by atoms with Gasteiger partial charge in [-0.1, -0.05) is 27.7 Å². The summed E-state index contributed by atoms with van der Waals surface area (Å²) in [4.78, 5) is 13.3. The summed E-state index contributed by atoms with van der Waals surface area (Å²) in [5, 5.41) is 2.84. The van der Waals surface area contributed by atoms with Crippen molar-refractivity contribution in [2.45, 2.75) is 27.7 Å². The van der Waals surface area contributed by atoms with E-state index in [-0.39, 0.29) is 6.03 Å². The van der Waals surface area contributed by atoms with Crippen LogP contribution in [0.5, 0.6) is 0 Å². The minimum absolute atomic E-state index is 0.108. The number of rotatable bonds is 4. The Morgan fingerprint density at radius 1 is 1.29 bits per heavy atom. The number of amides is 2. The van der Waals surface area contributed by atoms with Gasteiger partial charge in [-0.3, -0.25) is 0 Å². The maximum Gasteiger partial charge on any atom is 0.317 e. The molecule has 0 saturated carbocycles. The Morgan fingerprint density at radius 3 is 2.21 bits per heavy atom. The van der Waals surface area contributed by atoms with Crippen molar-refractivity contribution in [3.8, 4) is 0 Å². The fourth-order valence-electron chi connectivity index (χ4n) is 2.13. The molecule has 1 saturated heterocycles. The topological polar surface area (TPSA) is 32.3 Å². The molecule has 0 bridgehead atoms. The smallest absolute Gasteiger partial charge is 0.317 e. The van der Waals surface area contributed by atoms with Crippen molar-refractivity contribution >= 4 is 6.03 Å². The highest BCUT2D eigenvalue weighted by molar-refractivity contribution is 5.76. The Labute approximate surface area is 86.9 Å². The molecule has 0 aromatic heterocycles. The van der Waals surface area contributed by atoms with Gasteiger partial charge in [-0.25, -0.2) is 4.79 Å². The Hall–Kier alpha value is -0.730. The minimum atomic E-state index is 0.108. The van der Waals surface area contributed by atoms with E-state index in [0.717, 1.165) is 19.6 Å². The van der Waals surface area contributed by atoms with Gasteiger partial charge in [-0.05, 0) is 17.8 Å². The molecular weight excluding hydrogens is 176 g/mol. The summed E-state index contributed by atoms with van der Waals surface area (Å²) in [5.74, 6) is 1.89. The fraction of sp³-hybridized carbons (Fsp3) is 0.909. The first kappa shape index (κ1) is 11.3. The van der Waals surface area contributed by atoms with Gasteiger partial charge < -0.3 is 10.2 Å². The lowest BCUT2D eigenvalue weighted by Gasteiger charge is -2.28. The van der Waals surface area contributed by atoms with Gasteiger partial charge in [0.2, 0.25) is 0 Å². The lowest BCUT2D eigenvalue weighted by atomic mass is 9.85. The molecule has 0 aliphatic carbocycles. The van der Waals surface area contributed by atoms with Crippen LogP contribution < -0.4 is 5.32 Å². The standard InChI is InChI=1S/C11H22N2O/c1-8(2)10(9(3)4)7-13-6-5-12-11(13)14/h8-10H,5-7H2,1-4H3,(H,12,14). The van der Waals surface area contributed by atoms with Crippen molar-refractivity contribution in [1.29, 1.82) is 0 Å². The third-order valence-corrected chi connectivity index (χ3v) is 3.09. The van der Waals surface area contributed by atoms with E-state index in [1.165, 1.54) is 0 Å². The Kier molecular flexibility index (Phi) is 3.78. The second-order valence-corrected chi connectivity index (χ2v) is 4.83.